The summed E-state index contributed by atoms with van der Waals surface area (Å²) in [7, 11) is 0. The van der Waals surface area contributed by atoms with Gasteiger partial charge in [0.1, 0.15) is 5.92 Å². The summed E-state index contributed by atoms with van der Waals surface area (Å²) in [6.45, 7) is 0.255. The molecule has 1 heterocycles. The number of benzene rings is 2. The van der Waals surface area contributed by atoms with Gasteiger partial charge in [-0.05, 0) is 42.0 Å². The van der Waals surface area contributed by atoms with E-state index in [9.17, 15) is 4.79 Å². The molecule has 1 unspecified atom stereocenters. The summed E-state index contributed by atoms with van der Waals surface area (Å²) in [5.74, 6) is -0.767. The molecule has 1 amide bonds. The number of hydrogen-bond donors (Lipinski definition) is 1. The molecule has 1 aliphatic rings. The van der Waals surface area contributed by atoms with Crippen molar-refractivity contribution in [2.45, 2.75) is 5.92 Å². The molecule has 2 aromatic carbocycles. The Morgan fingerprint density at radius 1 is 1.00 bits per heavy atom. The van der Waals surface area contributed by atoms with Gasteiger partial charge in [0.25, 0.3) is 0 Å². The lowest BCUT2D eigenvalue weighted by Crippen LogP contribution is -2.26. The van der Waals surface area contributed by atoms with Crippen molar-refractivity contribution in [3.05, 3.63) is 63.1 Å². The Labute approximate surface area is 142 Å². The van der Waals surface area contributed by atoms with E-state index in [-0.39, 0.29) is 12.5 Å². The van der Waals surface area contributed by atoms with Gasteiger partial charge in [0.2, 0.25) is 5.91 Å². The van der Waals surface area contributed by atoms with E-state index in [4.69, 9.17) is 40.2 Å². The minimum Gasteiger partial charge on any atom is -0.307 e. The van der Waals surface area contributed by atoms with Crippen LogP contribution in [0.1, 0.15) is 11.5 Å². The van der Waals surface area contributed by atoms with Gasteiger partial charge < -0.3 is 10.3 Å². The van der Waals surface area contributed by atoms with Gasteiger partial charge in [-0.1, -0.05) is 40.9 Å². The van der Waals surface area contributed by atoms with Crippen molar-refractivity contribution in [2.24, 2.45) is 0 Å². The largest absolute Gasteiger partial charge is 0.307 e. The SMILES string of the molecule is N=C1CN(c2ccc(Cl)cc2)C(=O)C1c1ccc(Cl)c(Cl)c1. The van der Waals surface area contributed by atoms with Gasteiger partial charge in [-0.25, -0.2) is 0 Å². The third-order valence-electron chi connectivity index (χ3n) is 3.61. The van der Waals surface area contributed by atoms with Crippen molar-refractivity contribution in [1.82, 2.24) is 0 Å². The maximum Gasteiger partial charge on any atom is 0.240 e. The zero-order chi connectivity index (χ0) is 15.9. The number of rotatable bonds is 2. The average Bonchev–Trinajstić information content (AvgIpc) is 2.78. The summed E-state index contributed by atoms with van der Waals surface area (Å²) >= 11 is 17.8. The molecule has 3 nitrogen and oxygen atoms in total. The van der Waals surface area contributed by atoms with Crippen LogP contribution < -0.4 is 4.90 Å². The molecular weight excluding hydrogens is 343 g/mol. The summed E-state index contributed by atoms with van der Waals surface area (Å²) in [4.78, 5) is 14.2. The Hall–Kier alpha value is -1.55. The fourth-order valence-electron chi connectivity index (χ4n) is 2.52. The zero-order valence-electron chi connectivity index (χ0n) is 11.3. The molecule has 1 N–H and O–H groups in total. The molecule has 0 bridgehead atoms. The fourth-order valence-corrected chi connectivity index (χ4v) is 2.95. The predicted octanol–water partition coefficient (Wildman–Crippen LogP) is 4.80. The van der Waals surface area contributed by atoms with E-state index in [1.165, 1.54) is 0 Å². The number of hydrogen-bond acceptors (Lipinski definition) is 2. The summed E-state index contributed by atoms with van der Waals surface area (Å²) in [6, 6.07) is 12.0. The number of carbonyl (C=O) groups excluding carboxylic acids is 1. The van der Waals surface area contributed by atoms with E-state index in [0.29, 0.717) is 26.3 Å². The first kappa shape index (κ1) is 15.3. The highest BCUT2D eigenvalue weighted by molar-refractivity contribution is 6.42. The highest BCUT2D eigenvalue weighted by Crippen LogP contribution is 2.33. The lowest BCUT2D eigenvalue weighted by molar-refractivity contribution is -0.117. The van der Waals surface area contributed by atoms with Crippen molar-refractivity contribution in [2.75, 3.05) is 11.4 Å². The van der Waals surface area contributed by atoms with Gasteiger partial charge in [0.15, 0.2) is 0 Å². The van der Waals surface area contributed by atoms with Gasteiger partial charge in [-0.2, -0.15) is 0 Å². The first-order chi connectivity index (χ1) is 10.5. The maximum atomic E-state index is 12.7. The Morgan fingerprint density at radius 3 is 2.32 bits per heavy atom. The predicted molar refractivity (Wildman–Crippen MR) is 90.7 cm³/mol. The van der Waals surface area contributed by atoms with Crippen LogP contribution in [0, 0.1) is 5.41 Å². The number of amides is 1. The smallest absolute Gasteiger partial charge is 0.240 e. The first-order valence-corrected chi connectivity index (χ1v) is 7.70. The number of halogens is 3. The van der Waals surface area contributed by atoms with Gasteiger partial charge in [-0.3, -0.25) is 4.79 Å². The van der Waals surface area contributed by atoms with Crippen LogP contribution in [0.15, 0.2) is 42.5 Å². The summed E-state index contributed by atoms with van der Waals surface area (Å²) in [5.41, 5.74) is 1.74. The second-order valence-electron chi connectivity index (χ2n) is 5.03. The Kier molecular flexibility index (Phi) is 4.13. The van der Waals surface area contributed by atoms with E-state index >= 15 is 0 Å². The van der Waals surface area contributed by atoms with Gasteiger partial charge in [-0.15, -0.1) is 0 Å². The van der Waals surface area contributed by atoms with Gasteiger partial charge in [0.05, 0.1) is 16.6 Å². The lowest BCUT2D eigenvalue weighted by Gasteiger charge is -2.16. The zero-order valence-corrected chi connectivity index (χ0v) is 13.6. The third-order valence-corrected chi connectivity index (χ3v) is 4.60. The number of anilines is 1. The fraction of sp³-hybridized carbons (Fsp3) is 0.125. The molecule has 2 aromatic rings. The van der Waals surface area contributed by atoms with Crippen LogP contribution in [-0.4, -0.2) is 18.2 Å². The molecule has 1 atom stereocenters. The van der Waals surface area contributed by atoms with Crippen molar-refractivity contribution in [3.8, 4) is 0 Å². The molecule has 0 saturated carbocycles. The molecule has 1 aliphatic heterocycles. The molecule has 1 saturated heterocycles. The monoisotopic (exact) mass is 352 g/mol. The molecule has 112 valence electrons. The Bertz CT molecular complexity index is 758. The van der Waals surface area contributed by atoms with Crippen molar-refractivity contribution in [3.63, 3.8) is 0 Å². The van der Waals surface area contributed by atoms with E-state index in [2.05, 4.69) is 0 Å². The lowest BCUT2D eigenvalue weighted by atomic mass is 9.96. The molecule has 1 fully saturated rings. The molecule has 3 rings (SSSR count). The summed E-state index contributed by atoms with van der Waals surface area (Å²) < 4.78 is 0. The average molecular weight is 354 g/mol. The van der Waals surface area contributed by atoms with Gasteiger partial charge >= 0.3 is 0 Å². The normalized spacial score (nSPS) is 18.1. The Balaban J connectivity index is 1.94. The quantitative estimate of drug-likeness (QED) is 0.828. The van der Waals surface area contributed by atoms with Crippen LogP contribution in [0.2, 0.25) is 15.1 Å². The number of carbonyl (C=O) groups is 1. The van der Waals surface area contributed by atoms with Crippen LogP contribution in [-0.2, 0) is 4.79 Å². The van der Waals surface area contributed by atoms with E-state index in [0.717, 1.165) is 5.69 Å². The molecule has 0 aromatic heterocycles. The first-order valence-electron chi connectivity index (χ1n) is 6.56. The van der Waals surface area contributed by atoms with E-state index in [1.807, 2.05) is 0 Å². The highest BCUT2D eigenvalue weighted by Gasteiger charge is 2.38. The number of nitrogens with one attached hydrogen (secondary N) is 1. The van der Waals surface area contributed by atoms with Crippen molar-refractivity contribution in [1.29, 1.82) is 5.41 Å². The van der Waals surface area contributed by atoms with Crippen LogP contribution in [0.3, 0.4) is 0 Å². The molecule has 22 heavy (non-hydrogen) atoms. The molecule has 0 aliphatic carbocycles. The minimum atomic E-state index is -0.620. The Morgan fingerprint density at radius 2 is 1.68 bits per heavy atom. The highest BCUT2D eigenvalue weighted by atomic mass is 35.5. The third kappa shape index (κ3) is 2.72. The standard InChI is InChI=1S/C16H11Cl3N2O/c17-10-2-4-11(5-3-10)21-8-14(20)15(16(21)22)9-1-6-12(18)13(19)7-9/h1-7,15,20H,8H2. The second-order valence-corrected chi connectivity index (χ2v) is 6.28. The summed E-state index contributed by atoms with van der Waals surface area (Å²) in [5, 5.41) is 9.57. The molecule has 0 spiro atoms. The van der Waals surface area contributed by atoms with Gasteiger partial charge in [0, 0.05) is 16.4 Å². The van der Waals surface area contributed by atoms with E-state index < -0.39 is 5.92 Å². The van der Waals surface area contributed by atoms with Crippen molar-refractivity contribution >= 4 is 52.1 Å². The summed E-state index contributed by atoms with van der Waals surface area (Å²) in [6.07, 6.45) is 0. The maximum absolute atomic E-state index is 12.7. The van der Waals surface area contributed by atoms with Crippen LogP contribution >= 0.6 is 34.8 Å². The number of nitrogens with zero attached hydrogens (tertiary/aromatic N) is 1. The molecule has 6 heteroatoms. The molecular formula is C16H11Cl3N2O. The molecule has 0 radical (unpaired) electrons. The van der Waals surface area contributed by atoms with Crippen LogP contribution in [0.5, 0.6) is 0 Å². The second kappa shape index (κ2) is 5.92. The van der Waals surface area contributed by atoms with Crippen LogP contribution in [0.25, 0.3) is 0 Å². The van der Waals surface area contributed by atoms with Crippen molar-refractivity contribution < 1.29 is 4.79 Å². The topological polar surface area (TPSA) is 44.2 Å². The van der Waals surface area contributed by atoms with E-state index in [1.54, 1.807) is 47.4 Å². The minimum absolute atomic E-state index is 0.147. The van der Waals surface area contributed by atoms with Crippen LogP contribution in [0.4, 0.5) is 5.69 Å².